The summed E-state index contributed by atoms with van der Waals surface area (Å²) in [6, 6.07) is 8.25. The molecule has 1 aromatic carbocycles. The maximum absolute atomic E-state index is 11.0. The molecule has 116 valence electrons. The van der Waals surface area contributed by atoms with Crippen molar-refractivity contribution < 1.29 is 9.53 Å². The van der Waals surface area contributed by atoms with Crippen molar-refractivity contribution in [1.29, 1.82) is 0 Å². The van der Waals surface area contributed by atoms with E-state index in [9.17, 15) is 4.79 Å². The van der Waals surface area contributed by atoms with Gasteiger partial charge in [-0.2, -0.15) is 0 Å². The molecule has 1 saturated heterocycles. The van der Waals surface area contributed by atoms with Crippen molar-refractivity contribution in [2.75, 3.05) is 19.7 Å². The molecule has 0 saturated carbocycles. The van der Waals surface area contributed by atoms with Crippen LogP contribution in [0.15, 0.2) is 24.3 Å². The van der Waals surface area contributed by atoms with E-state index in [0.29, 0.717) is 13.0 Å². The van der Waals surface area contributed by atoms with Crippen molar-refractivity contribution >= 4 is 5.91 Å². The average molecular weight is 290 g/mol. The van der Waals surface area contributed by atoms with Gasteiger partial charge < -0.3 is 10.5 Å². The summed E-state index contributed by atoms with van der Waals surface area (Å²) in [5, 5.41) is 0. The molecule has 0 spiro atoms. The fraction of sp³-hybridized carbons (Fsp3) is 0.588. The number of ether oxygens (including phenoxy) is 1. The SMILES string of the molecule is CC(CCOc1cccc(CN2CCCCC2)c1)C(N)=O. The molecule has 1 fully saturated rings. The summed E-state index contributed by atoms with van der Waals surface area (Å²) in [7, 11) is 0. The Kier molecular flexibility index (Phi) is 6.05. The third-order valence-electron chi connectivity index (χ3n) is 4.06. The highest BCUT2D eigenvalue weighted by molar-refractivity contribution is 5.76. The number of rotatable bonds is 7. The van der Waals surface area contributed by atoms with Crippen molar-refractivity contribution in [3.63, 3.8) is 0 Å². The maximum atomic E-state index is 11.0. The number of carbonyl (C=O) groups excluding carboxylic acids is 1. The smallest absolute Gasteiger partial charge is 0.220 e. The Labute approximate surface area is 127 Å². The first-order valence-electron chi connectivity index (χ1n) is 7.88. The number of hydrogen-bond acceptors (Lipinski definition) is 3. The van der Waals surface area contributed by atoms with Crippen molar-refractivity contribution in [3.05, 3.63) is 29.8 Å². The monoisotopic (exact) mass is 290 g/mol. The normalized spacial score (nSPS) is 17.4. The van der Waals surface area contributed by atoms with Crippen LogP contribution in [0.1, 0.15) is 38.2 Å². The van der Waals surface area contributed by atoms with Gasteiger partial charge in [-0.25, -0.2) is 0 Å². The minimum atomic E-state index is -0.266. The molecule has 1 amide bonds. The van der Waals surface area contributed by atoms with Crippen LogP contribution < -0.4 is 10.5 Å². The molecule has 4 nitrogen and oxygen atoms in total. The summed E-state index contributed by atoms with van der Waals surface area (Å²) < 4.78 is 5.73. The highest BCUT2D eigenvalue weighted by atomic mass is 16.5. The number of carbonyl (C=O) groups is 1. The van der Waals surface area contributed by atoms with E-state index in [0.717, 1.165) is 12.3 Å². The second-order valence-electron chi connectivity index (χ2n) is 5.92. The zero-order valence-electron chi connectivity index (χ0n) is 12.9. The van der Waals surface area contributed by atoms with Gasteiger partial charge in [-0.3, -0.25) is 9.69 Å². The zero-order chi connectivity index (χ0) is 15.1. The van der Waals surface area contributed by atoms with Crippen LogP contribution in [-0.4, -0.2) is 30.5 Å². The van der Waals surface area contributed by atoms with E-state index in [1.165, 1.54) is 37.9 Å². The van der Waals surface area contributed by atoms with Crippen LogP contribution in [-0.2, 0) is 11.3 Å². The molecule has 0 aliphatic carbocycles. The van der Waals surface area contributed by atoms with Crippen LogP contribution in [0.4, 0.5) is 0 Å². The van der Waals surface area contributed by atoms with Gasteiger partial charge in [-0.15, -0.1) is 0 Å². The molecule has 1 aliphatic rings. The highest BCUT2D eigenvalue weighted by Gasteiger charge is 2.11. The topological polar surface area (TPSA) is 55.6 Å². The number of nitrogens with zero attached hydrogens (tertiary/aromatic N) is 1. The Bertz CT molecular complexity index is 456. The fourth-order valence-corrected chi connectivity index (χ4v) is 2.61. The number of hydrogen-bond donors (Lipinski definition) is 1. The molecule has 0 radical (unpaired) electrons. The lowest BCUT2D eigenvalue weighted by Crippen LogP contribution is -2.29. The minimum Gasteiger partial charge on any atom is -0.494 e. The molecular formula is C17H26N2O2. The van der Waals surface area contributed by atoms with E-state index in [1.54, 1.807) is 0 Å². The number of likely N-dealkylation sites (tertiary alicyclic amines) is 1. The van der Waals surface area contributed by atoms with Crippen molar-refractivity contribution in [2.24, 2.45) is 11.7 Å². The summed E-state index contributed by atoms with van der Waals surface area (Å²) in [5.74, 6) is 0.472. The lowest BCUT2D eigenvalue weighted by Gasteiger charge is -2.26. The standard InChI is InChI=1S/C17H26N2O2/c1-14(17(18)20)8-11-21-16-7-5-6-15(12-16)13-19-9-3-2-4-10-19/h5-7,12,14H,2-4,8-11,13H2,1H3,(H2,18,20). The Hall–Kier alpha value is -1.55. The molecule has 0 bridgehead atoms. The summed E-state index contributed by atoms with van der Waals surface area (Å²) in [5.41, 5.74) is 6.53. The first-order chi connectivity index (χ1) is 10.1. The van der Waals surface area contributed by atoms with Crippen LogP contribution in [0.2, 0.25) is 0 Å². The van der Waals surface area contributed by atoms with E-state index < -0.39 is 0 Å². The minimum absolute atomic E-state index is 0.137. The molecule has 21 heavy (non-hydrogen) atoms. The third-order valence-corrected chi connectivity index (χ3v) is 4.06. The first kappa shape index (κ1) is 15.8. The van der Waals surface area contributed by atoms with E-state index in [4.69, 9.17) is 10.5 Å². The van der Waals surface area contributed by atoms with Crippen LogP contribution >= 0.6 is 0 Å². The van der Waals surface area contributed by atoms with Crippen molar-refractivity contribution in [2.45, 2.75) is 39.2 Å². The molecule has 1 heterocycles. The largest absolute Gasteiger partial charge is 0.494 e. The summed E-state index contributed by atoms with van der Waals surface area (Å²) >= 11 is 0. The molecule has 1 aromatic rings. The van der Waals surface area contributed by atoms with Gasteiger partial charge in [0.05, 0.1) is 6.61 Å². The number of amides is 1. The van der Waals surface area contributed by atoms with E-state index in [2.05, 4.69) is 17.0 Å². The zero-order valence-corrected chi connectivity index (χ0v) is 12.9. The number of benzene rings is 1. The molecule has 1 aliphatic heterocycles. The van der Waals surface area contributed by atoms with Crippen molar-refractivity contribution in [3.8, 4) is 5.75 Å². The molecule has 1 unspecified atom stereocenters. The molecule has 2 N–H and O–H groups in total. The van der Waals surface area contributed by atoms with Crippen LogP contribution in [0, 0.1) is 5.92 Å². The van der Waals surface area contributed by atoms with Gasteiger partial charge in [-0.1, -0.05) is 25.5 Å². The van der Waals surface area contributed by atoms with E-state index in [1.807, 2.05) is 19.1 Å². The summed E-state index contributed by atoms with van der Waals surface area (Å²) in [6.07, 6.45) is 4.63. The molecule has 1 atom stereocenters. The Morgan fingerprint density at radius 1 is 1.33 bits per heavy atom. The number of piperidine rings is 1. The Morgan fingerprint density at radius 3 is 2.81 bits per heavy atom. The van der Waals surface area contributed by atoms with Gasteiger partial charge in [0, 0.05) is 12.5 Å². The fourth-order valence-electron chi connectivity index (χ4n) is 2.61. The van der Waals surface area contributed by atoms with Gasteiger partial charge in [0.1, 0.15) is 5.75 Å². The Balaban J connectivity index is 1.81. The third kappa shape index (κ3) is 5.38. The van der Waals surface area contributed by atoms with E-state index >= 15 is 0 Å². The van der Waals surface area contributed by atoms with Gasteiger partial charge in [0.15, 0.2) is 0 Å². The number of nitrogens with two attached hydrogens (primary N) is 1. The predicted molar refractivity (Wildman–Crippen MR) is 84.0 cm³/mol. The lowest BCUT2D eigenvalue weighted by atomic mass is 10.1. The summed E-state index contributed by atoms with van der Waals surface area (Å²) in [6.45, 7) is 5.74. The van der Waals surface area contributed by atoms with Crippen molar-refractivity contribution in [1.82, 2.24) is 4.90 Å². The quantitative estimate of drug-likeness (QED) is 0.839. The summed E-state index contributed by atoms with van der Waals surface area (Å²) in [4.78, 5) is 13.5. The van der Waals surface area contributed by atoms with Gasteiger partial charge in [0.25, 0.3) is 0 Å². The Morgan fingerprint density at radius 2 is 2.10 bits per heavy atom. The molecule has 0 aromatic heterocycles. The van der Waals surface area contributed by atoms with Gasteiger partial charge in [0.2, 0.25) is 5.91 Å². The van der Waals surface area contributed by atoms with Gasteiger partial charge >= 0.3 is 0 Å². The molecular weight excluding hydrogens is 264 g/mol. The second kappa shape index (κ2) is 8.03. The highest BCUT2D eigenvalue weighted by Crippen LogP contribution is 2.18. The maximum Gasteiger partial charge on any atom is 0.220 e. The van der Waals surface area contributed by atoms with Gasteiger partial charge in [-0.05, 0) is 50.0 Å². The van der Waals surface area contributed by atoms with Crippen LogP contribution in [0.3, 0.4) is 0 Å². The van der Waals surface area contributed by atoms with Crippen LogP contribution in [0.5, 0.6) is 5.75 Å². The van der Waals surface area contributed by atoms with E-state index in [-0.39, 0.29) is 11.8 Å². The molecule has 4 heteroatoms. The van der Waals surface area contributed by atoms with Crippen LogP contribution in [0.25, 0.3) is 0 Å². The second-order valence-corrected chi connectivity index (χ2v) is 5.92. The average Bonchev–Trinajstić information content (AvgIpc) is 2.48. The number of primary amides is 1. The molecule has 2 rings (SSSR count). The predicted octanol–water partition coefficient (Wildman–Crippen LogP) is 2.56. The lowest BCUT2D eigenvalue weighted by molar-refractivity contribution is -0.121. The first-order valence-corrected chi connectivity index (χ1v) is 7.88.